The summed E-state index contributed by atoms with van der Waals surface area (Å²) in [6, 6.07) is 0.195. The third-order valence-electron chi connectivity index (χ3n) is 1.72. The molecule has 0 radical (unpaired) electrons. The number of carbonyl (C=O) groups excluding carboxylic acids is 1. The number of anilines is 1. The maximum Gasteiger partial charge on any atom is 0.336 e. The second-order valence-corrected chi connectivity index (χ2v) is 4.29. The Morgan fingerprint density at radius 2 is 2.27 bits per heavy atom. The van der Waals surface area contributed by atoms with Gasteiger partial charge in [0.1, 0.15) is 0 Å². The molecular weight excluding hydrogens is 264 g/mol. The summed E-state index contributed by atoms with van der Waals surface area (Å²) in [5.41, 5.74) is 0. The molecule has 0 aliphatic carbocycles. The number of halogens is 1. The van der Waals surface area contributed by atoms with Gasteiger partial charge in [0, 0.05) is 0 Å². The van der Waals surface area contributed by atoms with Gasteiger partial charge in [0.05, 0.1) is 11.9 Å². The van der Waals surface area contributed by atoms with Crippen molar-refractivity contribution in [2.75, 3.05) is 12.4 Å². The SMILES string of the molecule is COc1n[nH]c(NC(=O)C(Br)C(C)C)n1. The van der Waals surface area contributed by atoms with Crippen molar-refractivity contribution < 1.29 is 9.53 Å². The summed E-state index contributed by atoms with van der Waals surface area (Å²) in [5, 5.41) is 8.83. The van der Waals surface area contributed by atoms with Crippen molar-refractivity contribution in [3.8, 4) is 6.01 Å². The lowest BCUT2D eigenvalue weighted by Crippen LogP contribution is -2.27. The third kappa shape index (κ3) is 3.19. The lowest BCUT2D eigenvalue weighted by molar-refractivity contribution is -0.116. The van der Waals surface area contributed by atoms with Gasteiger partial charge in [0.25, 0.3) is 0 Å². The Hall–Kier alpha value is -1.11. The topological polar surface area (TPSA) is 79.9 Å². The monoisotopic (exact) mass is 276 g/mol. The quantitative estimate of drug-likeness (QED) is 0.810. The zero-order valence-electron chi connectivity index (χ0n) is 8.74. The molecule has 1 heterocycles. The Bertz CT molecular complexity index is 339. The summed E-state index contributed by atoms with van der Waals surface area (Å²) in [7, 11) is 1.45. The Morgan fingerprint density at radius 3 is 2.73 bits per heavy atom. The van der Waals surface area contributed by atoms with E-state index in [1.807, 2.05) is 13.8 Å². The molecule has 1 atom stereocenters. The van der Waals surface area contributed by atoms with E-state index in [9.17, 15) is 4.79 Å². The smallest absolute Gasteiger partial charge is 0.336 e. The first-order valence-corrected chi connectivity index (χ1v) is 5.37. The van der Waals surface area contributed by atoms with Gasteiger partial charge in [-0.25, -0.2) is 5.10 Å². The fourth-order valence-corrected chi connectivity index (χ4v) is 0.996. The largest absolute Gasteiger partial charge is 0.466 e. The number of hydrogen-bond donors (Lipinski definition) is 2. The van der Waals surface area contributed by atoms with Crippen LogP contribution in [0, 0.1) is 5.92 Å². The highest BCUT2D eigenvalue weighted by atomic mass is 79.9. The highest BCUT2D eigenvalue weighted by Crippen LogP contribution is 2.14. The Labute approximate surface area is 95.9 Å². The van der Waals surface area contributed by atoms with Crippen LogP contribution in [0.5, 0.6) is 6.01 Å². The molecule has 0 bridgehead atoms. The number of H-pyrrole nitrogens is 1. The van der Waals surface area contributed by atoms with Crippen molar-refractivity contribution in [3.63, 3.8) is 0 Å². The lowest BCUT2D eigenvalue weighted by Gasteiger charge is -2.11. The number of ether oxygens (including phenoxy) is 1. The fourth-order valence-electron chi connectivity index (χ4n) is 0.882. The molecule has 1 unspecified atom stereocenters. The number of alkyl halides is 1. The van der Waals surface area contributed by atoms with Gasteiger partial charge in [-0.1, -0.05) is 29.8 Å². The van der Waals surface area contributed by atoms with E-state index in [1.165, 1.54) is 7.11 Å². The average molecular weight is 277 g/mol. The number of hydrogen-bond acceptors (Lipinski definition) is 4. The predicted molar refractivity (Wildman–Crippen MR) is 59.1 cm³/mol. The van der Waals surface area contributed by atoms with Crippen LogP contribution >= 0.6 is 15.9 Å². The van der Waals surface area contributed by atoms with Gasteiger partial charge in [0.15, 0.2) is 0 Å². The summed E-state index contributed by atoms with van der Waals surface area (Å²) in [6.07, 6.45) is 0. The Morgan fingerprint density at radius 1 is 1.60 bits per heavy atom. The van der Waals surface area contributed by atoms with E-state index in [2.05, 4.69) is 36.4 Å². The molecule has 15 heavy (non-hydrogen) atoms. The number of carbonyl (C=O) groups is 1. The molecule has 7 heteroatoms. The fraction of sp³-hybridized carbons (Fsp3) is 0.625. The van der Waals surface area contributed by atoms with E-state index < -0.39 is 0 Å². The van der Waals surface area contributed by atoms with Crippen LogP contribution in [0.25, 0.3) is 0 Å². The van der Waals surface area contributed by atoms with Crippen molar-refractivity contribution in [1.82, 2.24) is 15.2 Å². The second-order valence-electron chi connectivity index (χ2n) is 3.31. The number of aromatic amines is 1. The second kappa shape index (κ2) is 5.11. The van der Waals surface area contributed by atoms with Crippen molar-refractivity contribution in [2.24, 2.45) is 5.92 Å². The van der Waals surface area contributed by atoms with Gasteiger partial charge in [-0.05, 0) is 5.92 Å². The minimum Gasteiger partial charge on any atom is -0.466 e. The van der Waals surface area contributed by atoms with Crippen LogP contribution in [0.2, 0.25) is 0 Å². The summed E-state index contributed by atoms with van der Waals surface area (Å²) in [4.78, 5) is 15.2. The predicted octanol–water partition coefficient (Wildman–Crippen LogP) is 1.17. The minimum atomic E-state index is -0.256. The number of rotatable bonds is 4. The van der Waals surface area contributed by atoms with Crippen LogP contribution < -0.4 is 10.1 Å². The molecule has 0 aliphatic heterocycles. The number of nitrogens with one attached hydrogen (secondary N) is 2. The van der Waals surface area contributed by atoms with Crippen LogP contribution in [0.15, 0.2) is 0 Å². The Balaban J connectivity index is 2.58. The zero-order chi connectivity index (χ0) is 11.4. The molecule has 1 aromatic rings. The van der Waals surface area contributed by atoms with Gasteiger partial charge in [-0.3, -0.25) is 10.1 Å². The van der Waals surface area contributed by atoms with Gasteiger partial charge in [-0.15, -0.1) is 5.10 Å². The summed E-state index contributed by atoms with van der Waals surface area (Å²) in [5.74, 6) is 0.320. The van der Waals surface area contributed by atoms with Crippen LogP contribution in [0.3, 0.4) is 0 Å². The molecule has 0 saturated heterocycles. The van der Waals surface area contributed by atoms with Crippen molar-refractivity contribution >= 4 is 27.8 Å². The molecule has 84 valence electrons. The average Bonchev–Trinajstić information content (AvgIpc) is 2.64. The summed E-state index contributed by atoms with van der Waals surface area (Å²) in [6.45, 7) is 3.89. The van der Waals surface area contributed by atoms with E-state index in [-0.39, 0.29) is 28.6 Å². The molecular formula is C8H13BrN4O2. The number of amides is 1. The molecule has 0 aromatic carbocycles. The third-order valence-corrected chi connectivity index (χ3v) is 3.20. The molecule has 0 aliphatic rings. The maximum atomic E-state index is 11.6. The van der Waals surface area contributed by atoms with E-state index in [0.717, 1.165) is 0 Å². The number of methoxy groups -OCH3 is 1. The van der Waals surface area contributed by atoms with Gasteiger partial charge in [0.2, 0.25) is 11.9 Å². The van der Waals surface area contributed by atoms with Gasteiger partial charge < -0.3 is 4.74 Å². The molecule has 1 rings (SSSR count). The maximum absolute atomic E-state index is 11.6. The van der Waals surface area contributed by atoms with Crippen LogP contribution in [0.1, 0.15) is 13.8 Å². The van der Waals surface area contributed by atoms with Crippen molar-refractivity contribution in [2.45, 2.75) is 18.7 Å². The minimum absolute atomic E-state index is 0.163. The van der Waals surface area contributed by atoms with Crippen LogP contribution in [-0.2, 0) is 4.79 Å². The number of aromatic nitrogens is 3. The molecule has 1 amide bonds. The normalized spacial score (nSPS) is 12.6. The van der Waals surface area contributed by atoms with E-state index >= 15 is 0 Å². The van der Waals surface area contributed by atoms with E-state index in [0.29, 0.717) is 0 Å². The highest BCUT2D eigenvalue weighted by Gasteiger charge is 2.19. The zero-order valence-corrected chi connectivity index (χ0v) is 10.3. The lowest BCUT2D eigenvalue weighted by atomic mass is 10.1. The summed E-state index contributed by atoms with van der Waals surface area (Å²) >= 11 is 3.28. The molecule has 0 spiro atoms. The molecule has 1 aromatic heterocycles. The molecule has 2 N–H and O–H groups in total. The Kier molecular flexibility index (Phi) is 4.07. The van der Waals surface area contributed by atoms with Crippen molar-refractivity contribution in [3.05, 3.63) is 0 Å². The molecule has 0 saturated carbocycles. The summed E-state index contributed by atoms with van der Waals surface area (Å²) < 4.78 is 4.77. The number of nitrogens with zero attached hydrogens (tertiary/aromatic N) is 2. The van der Waals surface area contributed by atoms with E-state index in [4.69, 9.17) is 4.74 Å². The van der Waals surface area contributed by atoms with Gasteiger partial charge >= 0.3 is 6.01 Å². The molecule has 0 fully saturated rings. The van der Waals surface area contributed by atoms with Crippen LogP contribution in [-0.4, -0.2) is 33.0 Å². The first-order chi connectivity index (χ1) is 7.04. The van der Waals surface area contributed by atoms with E-state index in [1.54, 1.807) is 0 Å². The first kappa shape index (κ1) is 12.0. The van der Waals surface area contributed by atoms with Crippen LogP contribution in [0.4, 0.5) is 5.95 Å². The van der Waals surface area contributed by atoms with Crippen molar-refractivity contribution in [1.29, 1.82) is 0 Å². The molecule has 6 nitrogen and oxygen atoms in total. The van der Waals surface area contributed by atoms with Gasteiger partial charge in [-0.2, -0.15) is 4.98 Å². The first-order valence-electron chi connectivity index (χ1n) is 4.46. The highest BCUT2D eigenvalue weighted by molar-refractivity contribution is 9.10. The standard InChI is InChI=1S/C8H13BrN4O2/c1-4(2)5(9)6(14)10-7-11-8(15-3)13-12-7/h4-5H,1-3H3,(H2,10,11,12,13,14).